The van der Waals surface area contributed by atoms with Crippen molar-refractivity contribution in [3.63, 3.8) is 0 Å². The van der Waals surface area contributed by atoms with Crippen LogP contribution in [0.15, 0.2) is 24.5 Å². The molecule has 0 amide bonds. The standard InChI is InChI=1S/C12H17NO2/c1-4-15-12(14)11(9(2)3)10-6-5-7-13-8-10/h5-9,11H,4H2,1-3H3. The van der Waals surface area contributed by atoms with Crippen molar-refractivity contribution in [2.24, 2.45) is 5.92 Å². The summed E-state index contributed by atoms with van der Waals surface area (Å²) in [5, 5.41) is 0. The quantitative estimate of drug-likeness (QED) is 0.711. The van der Waals surface area contributed by atoms with Crippen molar-refractivity contribution >= 4 is 5.97 Å². The zero-order valence-corrected chi connectivity index (χ0v) is 9.43. The molecular weight excluding hydrogens is 190 g/mol. The molecule has 0 aromatic carbocycles. The van der Waals surface area contributed by atoms with Gasteiger partial charge >= 0.3 is 5.97 Å². The Morgan fingerprint density at radius 3 is 2.73 bits per heavy atom. The minimum atomic E-state index is -0.210. The minimum Gasteiger partial charge on any atom is -0.466 e. The monoisotopic (exact) mass is 207 g/mol. The van der Waals surface area contributed by atoms with Crippen LogP contribution in [0, 0.1) is 5.92 Å². The number of carbonyl (C=O) groups excluding carboxylic acids is 1. The maximum absolute atomic E-state index is 11.7. The molecule has 1 unspecified atom stereocenters. The van der Waals surface area contributed by atoms with Gasteiger partial charge in [-0.1, -0.05) is 19.9 Å². The second kappa shape index (κ2) is 5.49. The Hall–Kier alpha value is -1.38. The number of hydrogen-bond donors (Lipinski definition) is 0. The van der Waals surface area contributed by atoms with Crippen LogP contribution in [0.5, 0.6) is 0 Å². The number of carbonyl (C=O) groups is 1. The molecule has 0 saturated heterocycles. The first-order chi connectivity index (χ1) is 7.16. The van der Waals surface area contributed by atoms with Crippen LogP contribution in [0.1, 0.15) is 32.3 Å². The number of ether oxygens (including phenoxy) is 1. The van der Waals surface area contributed by atoms with Crippen LogP contribution in [0.25, 0.3) is 0 Å². The van der Waals surface area contributed by atoms with E-state index in [2.05, 4.69) is 4.98 Å². The van der Waals surface area contributed by atoms with Crippen LogP contribution in [0.4, 0.5) is 0 Å². The fourth-order valence-corrected chi connectivity index (χ4v) is 1.59. The van der Waals surface area contributed by atoms with E-state index in [0.717, 1.165) is 5.56 Å². The maximum Gasteiger partial charge on any atom is 0.313 e. The SMILES string of the molecule is CCOC(=O)C(c1cccnc1)C(C)C. The molecular formula is C12H17NO2. The van der Waals surface area contributed by atoms with E-state index < -0.39 is 0 Å². The zero-order valence-electron chi connectivity index (χ0n) is 9.43. The minimum absolute atomic E-state index is 0.166. The Kier molecular flexibility index (Phi) is 4.28. The molecule has 0 fully saturated rings. The highest BCUT2D eigenvalue weighted by Gasteiger charge is 2.25. The van der Waals surface area contributed by atoms with Crippen molar-refractivity contribution in [2.45, 2.75) is 26.7 Å². The lowest BCUT2D eigenvalue weighted by Gasteiger charge is -2.18. The lowest BCUT2D eigenvalue weighted by Crippen LogP contribution is -2.20. The molecule has 1 aromatic heterocycles. The molecule has 0 aliphatic rings. The highest BCUT2D eigenvalue weighted by Crippen LogP contribution is 2.24. The van der Waals surface area contributed by atoms with Gasteiger partial charge in [0.2, 0.25) is 0 Å². The molecule has 3 heteroatoms. The Balaban J connectivity index is 2.88. The van der Waals surface area contributed by atoms with E-state index in [9.17, 15) is 4.79 Å². The second-order valence-electron chi connectivity index (χ2n) is 3.76. The predicted molar refractivity (Wildman–Crippen MR) is 58.4 cm³/mol. The molecule has 0 N–H and O–H groups in total. The third-order valence-corrected chi connectivity index (χ3v) is 2.25. The summed E-state index contributed by atoms with van der Waals surface area (Å²) in [6, 6.07) is 3.75. The highest BCUT2D eigenvalue weighted by molar-refractivity contribution is 5.78. The van der Waals surface area contributed by atoms with Crippen LogP contribution >= 0.6 is 0 Å². The summed E-state index contributed by atoms with van der Waals surface area (Å²) in [6.07, 6.45) is 3.42. The Morgan fingerprint density at radius 2 is 2.27 bits per heavy atom. The van der Waals surface area contributed by atoms with E-state index in [1.165, 1.54) is 0 Å². The molecule has 3 nitrogen and oxygen atoms in total. The van der Waals surface area contributed by atoms with Crippen molar-refractivity contribution in [3.8, 4) is 0 Å². The van der Waals surface area contributed by atoms with Gasteiger partial charge in [-0.25, -0.2) is 0 Å². The van der Waals surface area contributed by atoms with Crippen molar-refractivity contribution in [3.05, 3.63) is 30.1 Å². The first kappa shape index (κ1) is 11.7. The van der Waals surface area contributed by atoms with Gasteiger partial charge < -0.3 is 4.74 Å². The van der Waals surface area contributed by atoms with Crippen LogP contribution in [0.2, 0.25) is 0 Å². The van der Waals surface area contributed by atoms with Gasteiger partial charge in [-0.05, 0) is 24.5 Å². The first-order valence-corrected chi connectivity index (χ1v) is 5.23. The predicted octanol–water partition coefficient (Wildman–Crippen LogP) is 2.38. The molecule has 82 valence electrons. The molecule has 1 heterocycles. The number of pyridine rings is 1. The number of aromatic nitrogens is 1. The molecule has 0 aliphatic heterocycles. The molecule has 0 spiro atoms. The summed E-state index contributed by atoms with van der Waals surface area (Å²) in [7, 11) is 0. The molecule has 15 heavy (non-hydrogen) atoms. The number of esters is 1. The van der Waals surface area contributed by atoms with Crippen LogP contribution in [-0.2, 0) is 9.53 Å². The van der Waals surface area contributed by atoms with E-state index in [-0.39, 0.29) is 17.8 Å². The third-order valence-electron chi connectivity index (χ3n) is 2.25. The van der Waals surface area contributed by atoms with Gasteiger partial charge in [0.15, 0.2) is 0 Å². The summed E-state index contributed by atoms with van der Waals surface area (Å²) in [6.45, 7) is 6.25. The lowest BCUT2D eigenvalue weighted by molar-refractivity contribution is -0.146. The number of hydrogen-bond acceptors (Lipinski definition) is 3. The molecule has 1 aromatic rings. The normalized spacial score (nSPS) is 12.5. The second-order valence-corrected chi connectivity index (χ2v) is 3.76. The van der Waals surface area contributed by atoms with E-state index >= 15 is 0 Å². The molecule has 0 bridgehead atoms. The van der Waals surface area contributed by atoms with Gasteiger partial charge in [0.05, 0.1) is 12.5 Å². The van der Waals surface area contributed by atoms with Crippen molar-refractivity contribution < 1.29 is 9.53 Å². The van der Waals surface area contributed by atoms with Gasteiger partial charge in [0, 0.05) is 12.4 Å². The topological polar surface area (TPSA) is 39.2 Å². The Bertz CT molecular complexity index is 309. The fourth-order valence-electron chi connectivity index (χ4n) is 1.59. The van der Waals surface area contributed by atoms with Crippen molar-refractivity contribution in [1.29, 1.82) is 0 Å². The zero-order chi connectivity index (χ0) is 11.3. The van der Waals surface area contributed by atoms with Crippen molar-refractivity contribution in [2.75, 3.05) is 6.61 Å². The van der Waals surface area contributed by atoms with Gasteiger partial charge in [-0.15, -0.1) is 0 Å². The summed E-state index contributed by atoms with van der Waals surface area (Å²) in [5.74, 6) is -0.160. The van der Waals surface area contributed by atoms with E-state index in [0.29, 0.717) is 6.61 Å². The third kappa shape index (κ3) is 3.05. The molecule has 0 saturated carbocycles. The molecule has 0 aliphatic carbocycles. The summed E-state index contributed by atoms with van der Waals surface area (Å²) in [5.41, 5.74) is 0.922. The fraction of sp³-hybridized carbons (Fsp3) is 0.500. The summed E-state index contributed by atoms with van der Waals surface area (Å²) < 4.78 is 5.05. The van der Waals surface area contributed by atoms with Gasteiger partial charge in [0.1, 0.15) is 0 Å². The Morgan fingerprint density at radius 1 is 1.53 bits per heavy atom. The van der Waals surface area contributed by atoms with Gasteiger partial charge in [-0.2, -0.15) is 0 Å². The lowest BCUT2D eigenvalue weighted by atomic mass is 9.89. The van der Waals surface area contributed by atoms with Crippen LogP contribution in [0.3, 0.4) is 0 Å². The maximum atomic E-state index is 11.7. The summed E-state index contributed by atoms with van der Waals surface area (Å²) >= 11 is 0. The number of nitrogens with zero attached hydrogens (tertiary/aromatic N) is 1. The smallest absolute Gasteiger partial charge is 0.313 e. The first-order valence-electron chi connectivity index (χ1n) is 5.23. The average molecular weight is 207 g/mol. The molecule has 1 atom stereocenters. The molecule has 0 radical (unpaired) electrons. The van der Waals surface area contributed by atoms with Crippen LogP contribution in [-0.4, -0.2) is 17.6 Å². The van der Waals surface area contributed by atoms with E-state index in [1.807, 2.05) is 32.9 Å². The number of rotatable bonds is 4. The van der Waals surface area contributed by atoms with Crippen LogP contribution < -0.4 is 0 Å². The van der Waals surface area contributed by atoms with Crippen molar-refractivity contribution in [1.82, 2.24) is 4.98 Å². The Labute approximate surface area is 90.5 Å². The van der Waals surface area contributed by atoms with E-state index in [4.69, 9.17) is 4.74 Å². The summed E-state index contributed by atoms with van der Waals surface area (Å²) in [4.78, 5) is 15.8. The van der Waals surface area contributed by atoms with E-state index in [1.54, 1.807) is 12.4 Å². The van der Waals surface area contributed by atoms with Gasteiger partial charge in [0.25, 0.3) is 0 Å². The average Bonchev–Trinajstić information content (AvgIpc) is 2.19. The highest BCUT2D eigenvalue weighted by atomic mass is 16.5. The van der Waals surface area contributed by atoms with Gasteiger partial charge in [-0.3, -0.25) is 9.78 Å². The molecule has 1 rings (SSSR count). The largest absolute Gasteiger partial charge is 0.466 e.